The van der Waals surface area contributed by atoms with Crippen LogP contribution in [0.2, 0.25) is 0 Å². The number of hydrogen-bond donors (Lipinski definition) is 0. The summed E-state index contributed by atoms with van der Waals surface area (Å²) in [5.74, 6) is 1.10. The lowest BCUT2D eigenvalue weighted by atomic mass is 10.0. The topological polar surface area (TPSA) is 43.4 Å². The molecule has 1 aliphatic rings. The minimum Gasteiger partial charge on any atom is -0.490 e. The van der Waals surface area contributed by atoms with E-state index in [1.54, 1.807) is 13.8 Å². The van der Waals surface area contributed by atoms with Crippen molar-refractivity contribution in [2.45, 2.75) is 69.5 Å². The van der Waals surface area contributed by atoms with Crippen molar-refractivity contribution >= 4 is 9.84 Å². The summed E-state index contributed by atoms with van der Waals surface area (Å²) in [4.78, 5) is 0. The normalized spacial score (nSPS) is 15.4. The molecular formula is C23H30O3S. The molecule has 0 aromatic heterocycles. The molecule has 0 N–H and O–H groups in total. The van der Waals surface area contributed by atoms with Crippen molar-refractivity contribution < 1.29 is 13.2 Å². The van der Waals surface area contributed by atoms with Gasteiger partial charge in [-0.05, 0) is 81.2 Å². The van der Waals surface area contributed by atoms with Crippen LogP contribution in [0, 0.1) is 0 Å². The Balaban J connectivity index is 1.55. The fourth-order valence-corrected chi connectivity index (χ4v) is 4.45. The van der Waals surface area contributed by atoms with E-state index in [2.05, 4.69) is 18.2 Å². The molecule has 2 aromatic carbocycles. The fourth-order valence-electron chi connectivity index (χ4n) is 3.46. The average Bonchev–Trinajstić information content (AvgIpc) is 3.14. The summed E-state index contributed by atoms with van der Waals surface area (Å²) in [7, 11) is -3.05. The molecule has 0 saturated heterocycles. The third-order valence-corrected chi connectivity index (χ3v) is 7.49. The van der Waals surface area contributed by atoms with Crippen LogP contribution in [0.15, 0.2) is 48.5 Å². The quantitative estimate of drug-likeness (QED) is 0.633. The summed E-state index contributed by atoms with van der Waals surface area (Å²) >= 11 is 0. The minimum absolute atomic E-state index is 0.117. The second-order valence-corrected chi connectivity index (χ2v) is 10.4. The molecule has 2 aromatic rings. The second kappa shape index (κ2) is 8.92. The fraction of sp³-hybridized carbons (Fsp3) is 0.478. The molecule has 0 aliphatic heterocycles. The zero-order valence-electron chi connectivity index (χ0n) is 16.4. The highest BCUT2D eigenvalue weighted by Crippen LogP contribution is 2.25. The Morgan fingerprint density at radius 2 is 1.56 bits per heavy atom. The van der Waals surface area contributed by atoms with E-state index in [1.165, 1.54) is 36.8 Å². The van der Waals surface area contributed by atoms with Crippen LogP contribution in [0.1, 0.15) is 56.2 Å². The molecule has 1 fully saturated rings. The van der Waals surface area contributed by atoms with Gasteiger partial charge in [-0.25, -0.2) is 8.42 Å². The van der Waals surface area contributed by atoms with Gasteiger partial charge in [0.2, 0.25) is 0 Å². The zero-order valence-corrected chi connectivity index (χ0v) is 17.2. The first-order chi connectivity index (χ1) is 12.9. The molecule has 0 bridgehead atoms. The predicted octanol–water partition coefficient (Wildman–Crippen LogP) is 5.12. The van der Waals surface area contributed by atoms with E-state index in [0.717, 1.165) is 24.2 Å². The van der Waals surface area contributed by atoms with E-state index in [9.17, 15) is 8.42 Å². The SMILES string of the molecule is CC(C)S(=O)(=O)Cc1ccc(CCc2cccc(OC3CCCC3)c2)cc1. The summed E-state index contributed by atoms with van der Waals surface area (Å²) in [6.45, 7) is 3.46. The third-order valence-electron chi connectivity index (χ3n) is 5.31. The molecule has 146 valence electrons. The lowest BCUT2D eigenvalue weighted by Gasteiger charge is -2.14. The lowest BCUT2D eigenvalue weighted by Crippen LogP contribution is -2.15. The van der Waals surface area contributed by atoms with Crippen LogP contribution in [-0.4, -0.2) is 19.8 Å². The first-order valence-corrected chi connectivity index (χ1v) is 11.7. The highest BCUT2D eigenvalue weighted by molar-refractivity contribution is 7.91. The van der Waals surface area contributed by atoms with Crippen LogP contribution >= 0.6 is 0 Å². The Bertz CT molecular complexity index is 832. The summed E-state index contributed by atoms with van der Waals surface area (Å²) in [5, 5.41) is -0.337. The predicted molar refractivity (Wildman–Crippen MR) is 111 cm³/mol. The number of ether oxygens (including phenoxy) is 1. The Morgan fingerprint density at radius 3 is 2.22 bits per heavy atom. The smallest absolute Gasteiger partial charge is 0.156 e. The maximum Gasteiger partial charge on any atom is 0.156 e. The lowest BCUT2D eigenvalue weighted by molar-refractivity contribution is 0.210. The van der Waals surface area contributed by atoms with E-state index in [-0.39, 0.29) is 11.0 Å². The number of sulfone groups is 1. The largest absolute Gasteiger partial charge is 0.490 e. The molecule has 0 atom stereocenters. The van der Waals surface area contributed by atoms with Crippen molar-refractivity contribution in [2.75, 3.05) is 0 Å². The van der Waals surface area contributed by atoms with E-state index in [4.69, 9.17) is 4.74 Å². The Hall–Kier alpha value is -1.81. The van der Waals surface area contributed by atoms with Gasteiger partial charge in [-0.2, -0.15) is 0 Å². The van der Waals surface area contributed by atoms with E-state index < -0.39 is 9.84 Å². The second-order valence-electron chi connectivity index (χ2n) is 7.84. The molecule has 3 rings (SSSR count). The Labute approximate surface area is 163 Å². The number of rotatable bonds is 8. The van der Waals surface area contributed by atoms with Crippen molar-refractivity contribution in [3.8, 4) is 5.75 Å². The van der Waals surface area contributed by atoms with E-state index in [1.807, 2.05) is 30.3 Å². The van der Waals surface area contributed by atoms with Gasteiger partial charge in [0.15, 0.2) is 9.84 Å². The Kier molecular flexibility index (Phi) is 6.59. The molecule has 3 nitrogen and oxygen atoms in total. The molecule has 0 unspecified atom stereocenters. The van der Waals surface area contributed by atoms with Gasteiger partial charge in [0, 0.05) is 0 Å². The molecule has 1 aliphatic carbocycles. The number of hydrogen-bond acceptors (Lipinski definition) is 3. The van der Waals surface area contributed by atoms with Crippen LogP contribution in [-0.2, 0) is 28.4 Å². The van der Waals surface area contributed by atoms with Crippen LogP contribution in [0.5, 0.6) is 5.75 Å². The van der Waals surface area contributed by atoms with Crippen LogP contribution in [0.4, 0.5) is 0 Å². The van der Waals surface area contributed by atoms with E-state index >= 15 is 0 Å². The van der Waals surface area contributed by atoms with Gasteiger partial charge in [0.1, 0.15) is 5.75 Å². The number of aryl methyl sites for hydroxylation is 2. The van der Waals surface area contributed by atoms with Gasteiger partial charge in [0.05, 0.1) is 17.1 Å². The van der Waals surface area contributed by atoms with Crippen molar-refractivity contribution in [3.05, 3.63) is 65.2 Å². The summed E-state index contributed by atoms with van der Waals surface area (Å²) < 4.78 is 30.2. The Morgan fingerprint density at radius 1 is 0.926 bits per heavy atom. The highest BCUT2D eigenvalue weighted by atomic mass is 32.2. The molecule has 0 radical (unpaired) electrons. The van der Waals surface area contributed by atoms with Gasteiger partial charge < -0.3 is 4.74 Å². The van der Waals surface area contributed by atoms with Gasteiger partial charge in [0.25, 0.3) is 0 Å². The van der Waals surface area contributed by atoms with Crippen LogP contribution in [0.25, 0.3) is 0 Å². The zero-order chi connectivity index (χ0) is 19.3. The molecule has 27 heavy (non-hydrogen) atoms. The first kappa shape index (κ1) is 19.9. The standard InChI is InChI=1S/C23H30O3S/c1-18(2)27(24,25)17-21-14-11-19(12-15-21)10-13-20-6-5-9-23(16-20)26-22-7-3-4-8-22/h5-6,9,11-12,14-16,18,22H,3-4,7-8,10,13,17H2,1-2H3. The van der Waals surface area contributed by atoms with Crippen LogP contribution < -0.4 is 4.74 Å². The van der Waals surface area contributed by atoms with Crippen molar-refractivity contribution in [1.82, 2.24) is 0 Å². The van der Waals surface area contributed by atoms with Crippen molar-refractivity contribution in [2.24, 2.45) is 0 Å². The third kappa shape index (κ3) is 5.83. The molecule has 4 heteroatoms. The average molecular weight is 387 g/mol. The monoisotopic (exact) mass is 386 g/mol. The maximum atomic E-state index is 12.0. The molecule has 0 spiro atoms. The molecule has 1 saturated carbocycles. The first-order valence-electron chi connectivity index (χ1n) is 9.97. The van der Waals surface area contributed by atoms with E-state index in [0.29, 0.717) is 6.10 Å². The number of benzene rings is 2. The summed E-state index contributed by atoms with van der Waals surface area (Å²) in [6, 6.07) is 16.4. The minimum atomic E-state index is -3.05. The van der Waals surface area contributed by atoms with Gasteiger partial charge in [-0.1, -0.05) is 36.4 Å². The summed E-state index contributed by atoms with van der Waals surface area (Å²) in [6.07, 6.45) is 7.16. The molecule has 0 amide bonds. The molecular weight excluding hydrogens is 356 g/mol. The summed E-state index contributed by atoms with van der Waals surface area (Å²) in [5.41, 5.74) is 3.36. The highest BCUT2D eigenvalue weighted by Gasteiger charge is 2.17. The molecule has 0 heterocycles. The van der Waals surface area contributed by atoms with Gasteiger partial charge in [-0.3, -0.25) is 0 Å². The van der Waals surface area contributed by atoms with Gasteiger partial charge in [-0.15, -0.1) is 0 Å². The van der Waals surface area contributed by atoms with Gasteiger partial charge >= 0.3 is 0 Å². The maximum absolute atomic E-state index is 12.0. The van der Waals surface area contributed by atoms with Crippen molar-refractivity contribution in [3.63, 3.8) is 0 Å². The van der Waals surface area contributed by atoms with Crippen LogP contribution in [0.3, 0.4) is 0 Å². The van der Waals surface area contributed by atoms with Crippen molar-refractivity contribution in [1.29, 1.82) is 0 Å².